The predicted molar refractivity (Wildman–Crippen MR) is 127 cm³/mol. The minimum absolute atomic E-state index is 0.213. The fourth-order valence-electron chi connectivity index (χ4n) is 6.32. The zero-order valence-electron chi connectivity index (χ0n) is 19.4. The minimum Gasteiger partial charge on any atom is -0.255 e. The van der Waals surface area contributed by atoms with Gasteiger partial charge in [0, 0.05) is 24.2 Å². The average Bonchev–Trinajstić information content (AvgIpc) is 3.12. The Labute approximate surface area is 180 Å². The maximum atomic E-state index is 4.10. The van der Waals surface area contributed by atoms with Crippen LogP contribution in [0.2, 0.25) is 0 Å². The van der Waals surface area contributed by atoms with Crippen LogP contribution in [0.15, 0.2) is 50.6 Å². The molecule has 0 aliphatic carbocycles. The summed E-state index contributed by atoms with van der Waals surface area (Å²) in [6.45, 7) is 29.7. The SMILES string of the molecule is C=CCC1C(CC=C)N(CC)C2(N1CC)N(CC)C(CC=C)C(CC=C)N2CC. The van der Waals surface area contributed by atoms with E-state index in [0.29, 0.717) is 24.2 Å². The molecule has 4 atom stereocenters. The molecule has 2 aliphatic heterocycles. The molecule has 2 saturated heterocycles. The highest BCUT2D eigenvalue weighted by atomic mass is 15.8. The van der Waals surface area contributed by atoms with E-state index in [1.165, 1.54) is 0 Å². The Kier molecular flexibility index (Phi) is 8.90. The van der Waals surface area contributed by atoms with Crippen LogP contribution < -0.4 is 0 Å². The Morgan fingerprint density at radius 2 is 0.724 bits per heavy atom. The van der Waals surface area contributed by atoms with Crippen molar-refractivity contribution in [3.63, 3.8) is 0 Å². The van der Waals surface area contributed by atoms with Gasteiger partial charge in [0.25, 0.3) is 0 Å². The molecule has 0 aromatic heterocycles. The van der Waals surface area contributed by atoms with Crippen molar-refractivity contribution in [3.05, 3.63) is 50.6 Å². The number of hydrogen-bond acceptors (Lipinski definition) is 4. The van der Waals surface area contributed by atoms with E-state index in [9.17, 15) is 0 Å². The standard InChI is InChI=1S/C25H44N4/c1-9-17-21-22(18-10-2)27(14-6)25(26(21)13-5)28(15-7)23(19-11-3)24(20-12-4)29(25)16-8/h9-12,21-24H,1-4,13-20H2,5-8H3. The topological polar surface area (TPSA) is 13.0 Å². The lowest BCUT2D eigenvalue weighted by Crippen LogP contribution is -2.70. The molecule has 29 heavy (non-hydrogen) atoms. The molecular weight excluding hydrogens is 356 g/mol. The van der Waals surface area contributed by atoms with Gasteiger partial charge in [0.2, 0.25) is 0 Å². The fraction of sp³-hybridized carbons (Fsp3) is 0.680. The van der Waals surface area contributed by atoms with Gasteiger partial charge in [0.15, 0.2) is 5.91 Å². The molecule has 0 amide bonds. The molecule has 4 unspecified atom stereocenters. The van der Waals surface area contributed by atoms with Crippen LogP contribution in [0.25, 0.3) is 0 Å². The highest BCUT2D eigenvalue weighted by Crippen LogP contribution is 2.50. The normalized spacial score (nSPS) is 34.1. The summed E-state index contributed by atoms with van der Waals surface area (Å²) in [6.07, 6.45) is 12.4. The quantitative estimate of drug-likeness (QED) is 0.441. The monoisotopic (exact) mass is 400 g/mol. The second-order valence-electron chi connectivity index (χ2n) is 8.11. The molecule has 0 aromatic carbocycles. The highest BCUT2D eigenvalue weighted by molar-refractivity contribution is 5.16. The second-order valence-corrected chi connectivity index (χ2v) is 8.11. The molecular formula is C25H44N4. The van der Waals surface area contributed by atoms with E-state index in [1.807, 2.05) is 0 Å². The molecule has 4 heteroatoms. The van der Waals surface area contributed by atoms with E-state index in [1.54, 1.807) is 0 Å². The van der Waals surface area contributed by atoms with Gasteiger partial charge in [-0.15, -0.1) is 26.3 Å². The molecule has 2 fully saturated rings. The predicted octanol–water partition coefficient (Wildman–Crippen LogP) is 4.69. The summed E-state index contributed by atoms with van der Waals surface area (Å²) >= 11 is 0. The van der Waals surface area contributed by atoms with Crippen molar-refractivity contribution in [1.29, 1.82) is 0 Å². The molecule has 2 heterocycles. The van der Waals surface area contributed by atoms with Crippen LogP contribution in [-0.2, 0) is 0 Å². The van der Waals surface area contributed by atoms with Gasteiger partial charge in [-0.25, -0.2) is 0 Å². The summed E-state index contributed by atoms with van der Waals surface area (Å²) < 4.78 is 0. The van der Waals surface area contributed by atoms with Gasteiger partial charge in [-0.2, -0.15) is 0 Å². The molecule has 2 rings (SSSR count). The van der Waals surface area contributed by atoms with Crippen molar-refractivity contribution in [2.45, 2.75) is 83.5 Å². The van der Waals surface area contributed by atoms with Gasteiger partial charge in [-0.3, -0.25) is 19.6 Å². The van der Waals surface area contributed by atoms with Crippen LogP contribution in [-0.4, -0.2) is 75.9 Å². The first kappa shape index (κ1) is 24.1. The summed E-state index contributed by atoms with van der Waals surface area (Å²) in [5.41, 5.74) is 0. The van der Waals surface area contributed by atoms with Crippen LogP contribution in [0.3, 0.4) is 0 Å². The van der Waals surface area contributed by atoms with Gasteiger partial charge in [-0.05, 0) is 51.9 Å². The van der Waals surface area contributed by atoms with Gasteiger partial charge in [0.1, 0.15) is 0 Å². The maximum Gasteiger partial charge on any atom is 0.193 e. The Bertz CT molecular complexity index is 470. The van der Waals surface area contributed by atoms with Crippen molar-refractivity contribution < 1.29 is 0 Å². The molecule has 0 aromatic rings. The first-order valence-electron chi connectivity index (χ1n) is 11.6. The van der Waals surface area contributed by atoms with Crippen LogP contribution in [0.5, 0.6) is 0 Å². The lowest BCUT2D eigenvalue weighted by Gasteiger charge is -2.52. The van der Waals surface area contributed by atoms with Crippen molar-refractivity contribution in [3.8, 4) is 0 Å². The van der Waals surface area contributed by atoms with E-state index in [-0.39, 0.29) is 5.91 Å². The van der Waals surface area contributed by atoms with E-state index in [0.717, 1.165) is 51.9 Å². The summed E-state index contributed by atoms with van der Waals surface area (Å²) in [7, 11) is 0. The van der Waals surface area contributed by atoms with Crippen LogP contribution >= 0.6 is 0 Å². The zero-order valence-corrected chi connectivity index (χ0v) is 19.4. The summed E-state index contributed by atoms with van der Waals surface area (Å²) in [5, 5.41) is 0. The minimum atomic E-state index is -0.213. The fourth-order valence-corrected chi connectivity index (χ4v) is 6.32. The summed E-state index contributed by atoms with van der Waals surface area (Å²) in [5.74, 6) is -0.213. The van der Waals surface area contributed by atoms with Gasteiger partial charge >= 0.3 is 0 Å². The molecule has 164 valence electrons. The first-order chi connectivity index (χ1) is 14.1. The molecule has 0 saturated carbocycles. The Hall–Kier alpha value is -1.20. The van der Waals surface area contributed by atoms with Crippen molar-refractivity contribution in [1.82, 2.24) is 19.6 Å². The molecule has 2 aliphatic rings. The number of nitrogens with zero attached hydrogens (tertiary/aromatic N) is 4. The van der Waals surface area contributed by atoms with E-state index in [2.05, 4.69) is 97.9 Å². The van der Waals surface area contributed by atoms with E-state index in [4.69, 9.17) is 0 Å². The summed E-state index contributed by atoms with van der Waals surface area (Å²) in [6, 6.07) is 1.74. The van der Waals surface area contributed by atoms with Crippen molar-refractivity contribution in [2.75, 3.05) is 26.2 Å². The Balaban J connectivity index is 2.74. The van der Waals surface area contributed by atoms with Gasteiger partial charge < -0.3 is 0 Å². The largest absolute Gasteiger partial charge is 0.255 e. The number of likely N-dealkylation sites (N-methyl/N-ethyl adjacent to an activating group) is 4. The molecule has 0 bridgehead atoms. The second kappa shape index (κ2) is 10.7. The smallest absolute Gasteiger partial charge is 0.193 e. The van der Waals surface area contributed by atoms with Crippen molar-refractivity contribution in [2.24, 2.45) is 0 Å². The zero-order chi connectivity index (χ0) is 21.6. The maximum absolute atomic E-state index is 4.10. The van der Waals surface area contributed by atoms with Gasteiger partial charge in [-0.1, -0.05) is 52.0 Å². The average molecular weight is 401 g/mol. The highest BCUT2D eigenvalue weighted by Gasteiger charge is 2.67. The number of hydrogen-bond donors (Lipinski definition) is 0. The van der Waals surface area contributed by atoms with Crippen LogP contribution in [0.4, 0.5) is 0 Å². The van der Waals surface area contributed by atoms with E-state index < -0.39 is 0 Å². The Morgan fingerprint density at radius 1 is 0.517 bits per heavy atom. The summed E-state index contributed by atoms with van der Waals surface area (Å²) in [4.78, 5) is 11.0. The first-order valence-corrected chi connectivity index (χ1v) is 11.6. The van der Waals surface area contributed by atoms with E-state index >= 15 is 0 Å². The molecule has 4 nitrogen and oxygen atoms in total. The third kappa shape index (κ3) is 3.69. The van der Waals surface area contributed by atoms with Crippen LogP contribution in [0.1, 0.15) is 53.4 Å². The molecule has 1 spiro atoms. The third-order valence-corrected chi connectivity index (χ3v) is 7.03. The lowest BCUT2D eigenvalue weighted by molar-refractivity contribution is -0.197. The van der Waals surface area contributed by atoms with Crippen molar-refractivity contribution >= 4 is 0 Å². The van der Waals surface area contributed by atoms with Gasteiger partial charge in [0.05, 0.1) is 0 Å². The third-order valence-electron chi connectivity index (χ3n) is 7.03. The number of rotatable bonds is 12. The molecule has 0 N–H and O–H groups in total. The lowest BCUT2D eigenvalue weighted by atomic mass is 10.0. The van der Waals surface area contributed by atoms with Crippen LogP contribution in [0, 0.1) is 0 Å². The Morgan fingerprint density at radius 3 is 0.862 bits per heavy atom. The molecule has 0 radical (unpaired) electrons.